The summed E-state index contributed by atoms with van der Waals surface area (Å²) in [5.74, 6) is -0.857. The maximum Gasteiger partial charge on any atom is 0.268 e. The molecule has 0 aliphatic heterocycles. The van der Waals surface area contributed by atoms with E-state index in [-0.39, 0.29) is 18.2 Å². The number of benzene rings is 3. The number of hydrogen-bond donors (Lipinski definition) is 3. The van der Waals surface area contributed by atoms with Gasteiger partial charge in [-0.25, -0.2) is 0 Å². The molecule has 0 aromatic heterocycles. The summed E-state index contributed by atoms with van der Waals surface area (Å²) in [5.41, 5.74) is 2.29. The van der Waals surface area contributed by atoms with Gasteiger partial charge in [0, 0.05) is 10.0 Å². The van der Waals surface area contributed by atoms with Crippen LogP contribution in [0.25, 0.3) is 6.08 Å². The van der Waals surface area contributed by atoms with Gasteiger partial charge in [0.2, 0.25) is 0 Å². The van der Waals surface area contributed by atoms with Crippen LogP contribution in [0.4, 0.5) is 0 Å². The minimum Gasteiger partial charge on any atom is -0.394 e. The molecule has 0 aliphatic rings. The Hall–Kier alpha value is -3.22. The summed E-state index contributed by atoms with van der Waals surface area (Å²) < 4.78 is 0.909. The maximum absolute atomic E-state index is 13.0. The fourth-order valence-corrected chi connectivity index (χ4v) is 3.26. The predicted molar refractivity (Wildman–Crippen MR) is 125 cm³/mol. The van der Waals surface area contributed by atoms with E-state index in [0.29, 0.717) is 12.0 Å². The summed E-state index contributed by atoms with van der Waals surface area (Å²) in [6.07, 6.45) is 2.08. The third kappa shape index (κ3) is 6.91. The Balaban J connectivity index is 1.81. The van der Waals surface area contributed by atoms with E-state index in [9.17, 15) is 14.7 Å². The number of aliphatic hydroxyl groups is 1. The Labute approximate surface area is 189 Å². The van der Waals surface area contributed by atoms with Gasteiger partial charge in [0.1, 0.15) is 5.70 Å². The van der Waals surface area contributed by atoms with Gasteiger partial charge in [-0.2, -0.15) is 0 Å². The maximum atomic E-state index is 13.0. The molecule has 3 N–H and O–H groups in total. The minimum absolute atomic E-state index is 0.0997. The predicted octanol–water partition coefficient (Wildman–Crippen LogP) is 3.94. The first kappa shape index (κ1) is 22.5. The van der Waals surface area contributed by atoms with Crippen LogP contribution in [0.15, 0.2) is 95.1 Å². The smallest absolute Gasteiger partial charge is 0.268 e. The Kier molecular flexibility index (Phi) is 8.15. The third-order valence-electron chi connectivity index (χ3n) is 4.59. The number of aliphatic hydroxyl groups excluding tert-OH is 1. The van der Waals surface area contributed by atoms with Gasteiger partial charge < -0.3 is 15.7 Å². The fraction of sp³-hybridized carbons (Fsp3) is 0.120. The van der Waals surface area contributed by atoms with Crippen molar-refractivity contribution in [2.45, 2.75) is 12.5 Å². The van der Waals surface area contributed by atoms with Crippen molar-refractivity contribution in [1.29, 1.82) is 0 Å². The summed E-state index contributed by atoms with van der Waals surface area (Å²) in [6.45, 7) is -0.223. The van der Waals surface area contributed by atoms with Crippen molar-refractivity contribution in [3.8, 4) is 0 Å². The highest BCUT2D eigenvalue weighted by molar-refractivity contribution is 9.10. The first-order chi connectivity index (χ1) is 15.0. The lowest BCUT2D eigenvalue weighted by molar-refractivity contribution is -0.118. The van der Waals surface area contributed by atoms with Crippen molar-refractivity contribution in [2.75, 3.05) is 6.61 Å². The second-order valence-corrected chi connectivity index (χ2v) is 7.89. The zero-order valence-electron chi connectivity index (χ0n) is 16.8. The third-order valence-corrected chi connectivity index (χ3v) is 5.12. The molecule has 31 heavy (non-hydrogen) atoms. The van der Waals surface area contributed by atoms with E-state index in [1.807, 2.05) is 60.7 Å². The average Bonchev–Trinajstić information content (AvgIpc) is 2.80. The second kappa shape index (κ2) is 11.2. The van der Waals surface area contributed by atoms with Gasteiger partial charge in [0.15, 0.2) is 0 Å². The van der Waals surface area contributed by atoms with Gasteiger partial charge >= 0.3 is 0 Å². The lowest BCUT2D eigenvalue weighted by Crippen LogP contribution is -2.43. The van der Waals surface area contributed by atoms with Gasteiger partial charge in [0.05, 0.1) is 12.6 Å². The molecule has 0 spiro atoms. The molecule has 0 unspecified atom stereocenters. The van der Waals surface area contributed by atoms with Crippen LogP contribution in [0.5, 0.6) is 0 Å². The van der Waals surface area contributed by atoms with Gasteiger partial charge in [-0.05, 0) is 47.9 Å². The Morgan fingerprint density at radius 3 is 2.13 bits per heavy atom. The zero-order valence-corrected chi connectivity index (χ0v) is 18.4. The monoisotopic (exact) mass is 478 g/mol. The Bertz CT molecular complexity index is 1040. The van der Waals surface area contributed by atoms with Crippen molar-refractivity contribution in [1.82, 2.24) is 10.6 Å². The van der Waals surface area contributed by atoms with Crippen LogP contribution in [0, 0.1) is 0 Å². The molecule has 1 atom stereocenters. The van der Waals surface area contributed by atoms with E-state index in [1.54, 1.807) is 30.3 Å². The molecule has 0 fully saturated rings. The summed E-state index contributed by atoms with van der Waals surface area (Å²) >= 11 is 3.39. The zero-order chi connectivity index (χ0) is 22.1. The molecule has 6 heteroatoms. The molecular formula is C25H23BrN2O3. The lowest BCUT2D eigenvalue weighted by Gasteiger charge is -2.18. The highest BCUT2D eigenvalue weighted by atomic mass is 79.9. The number of carbonyl (C=O) groups is 2. The molecule has 0 bridgehead atoms. The molecule has 0 radical (unpaired) electrons. The number of halogens is 1. The van der Waals surface area contributed by atoms with Crippen molar-refractivity contribution in [2.24, 2.45) is 0 Å². The fourth-order valence-electron chi connectivity index (χ4n) is 2.99. The van der Waals surface area contributed by atoms with Gasteiger partial charge in [0.25, 0.3) is 11.8 Å². The number of nitrogens with one attached hydrogen (secondary N) is 2. The normalized spacial score (nSPS) is 12.1. The summed E-state index contributed by atoms with van der Waals surface area (Å²) in [7, 11) is 0. The number of hydrogen-bond acceptors (Lipinski definition) is 3. The van der Waals surface area contributed by atoms with Crippen LogP contribution in [0.2, 0.25) is 0 Å². The minimum atomic E-state index is -0.489. The molecule has 0 saturated heterocycles. The number of amides is 2. The van der Waals surface area contributed by atoms with Crippen molar-refractivity contribution in [3.05, 3.63) is 112 Å². The van der Waals surface area contributed by atoms with Gasteiger partial charge in [-0.15, -0.1) is 0 Å². The molecule has 0 saturated carbocycles. The summed E-state index contributed by atoms with van der Waals surface area (Å²) in [5, 5.41) is 15.3. The van der Waals surface area contributed by atoms with Gasteiger partial charge in [-0.3, -0.25) is 9.59 Å². The highest BCUT2D eigenvalue weighted by Crippen LogP contribution is 2.13. The molecule has 3 aromatic carbocycles. The van der Waals surface area contributed by atoms with Crippen LogP contribution in [-0.2, 0) is 11.2 Å². The Morgan fingerprint density at radius 1 is 0.903 bits per heavy atom. The average molecular weight is 479 g/mol. The molecule has 158 valence electrons. The van der Waals surface area contributed by atoms with Crippen LogP contribution in [0.1, 0.15) is 21.5 Å². The molecule has 5 nitrogen and oxygen atoms in total. The molecule has 0 aliphatic carbocycles. The van der Waals surface area contributed by atoms with E-state index in [2.05, 4.69) is 26.6 Å². The second-order valence-electron chi connectivity index (χ2n) is 6.97. The van der Waals surface area contributed by atoms with E-state index >= 15 is 0 Å². The number of carbonyl (C=O) groups excluding carboxylic acids is 2. The summed E-state index contributed by atoms with van der Waals surface area (Å²) in [6, 6.07) is 25.2. The summed E-state index contributed by atoms with van der Waals surface area (Å²) in [4.78, 5) is 25.7. The van der Waals surface area contributed by atoms with Crippen LogP contribution in [-0.4, -0.2) is 29.6 Å². The van der Waals surface area contributed by atoms with Crippen LogP contribution in [0.3, 0.4) is 0 Å². The quantitative estimate of drug-likeness (QED) is 0.429. The van der Waals surface area contributed by atoms with Crippen molar-refractivity contribution < 1.29 is 14.7 Å². The highest BCUT2D eigenvalue weighted by Gasteiger charge is 2.18. The Morgan fingerprint density at radius 2 is 1.52 bits per heavy atom. The first-order valence-corrected chi connectivity index (χ1v) is 10.6. The van der Waals surface area contributed by atoms with Crippen molar-refractivity contribution in [3.63, 3.8) is 0 Å². The topological polar surface area (TPSA) is 78.4 Å². The SMILES string of the molecule is O=C(N[C@H](CO)Cc1ccccc1)/C(=C\c1ccc(Br)cc1)NC(=O)c1ccccc1. The van der Waals surface area contributed by atoms with Gasteiger partial charge in [-0.1, -0.05) is 76.6 Å². The molecule has 2 amide bonds. The molecule has 3 aromatic rings. The molecular weight excluding hydrogens is 456 g/mol. The van der Waals surface area contributed by atoms with E-state index < -0.39 is 11.9 Å². The lowest BCUT2D eigenvalue weighted by atomic mass is 10.1. The molecule has 3 rings (SSSR count). The van der Waals surface area contributed by atoms with E-state index in [1.165, 1.54) is 0 Å². The van der Waals surface area contributed by atoms with E-state index in [0.717, 1.165) is 15.6 Å². The largest absolute Gasteiger partial charge is 0.394 e. The van der Waals surface area contributed by atoms with Crippen molar-refractivity contribution >= 4 is 33.8 Å². The number of rotatable bonds is 8. The molecule has 0 heterocycles. The van der Waals surface area contributed by atoms with Crippen LogP contribution >= 0.6 is 15.9 Å². The van der Waals surface area contributed by atoms with Crippen LogP contribution < -0.4 is 10.6 Å². The van der Waals surface area contributed by atoms with E-state index in [4.69, 9.17) is 0 Å². The first-order valence-electron chi connectivity index (χ1n) is 9.84. The standard InChI is InChI=1S/C25H23BrN2O3/c26-21-13-11-19(12-14-21)16-23(28-24(30)20-9-5-2-6-10-20)25(31)27-22(17-29)15-18-7-3-1-4-8-18/h1-14,16,22,29H,15,17H2,(H,27,31)(H,28,30)/b23-16+/t22-/m0/s1.